The van der Waals surface area contributed by atoms with Crippen LogP contribution in [0.4, 0.5) is 0 Å². The summed E-state index contributed by atoms with van der Waals surface area (Å²) in [6.07, 6.45) is 11.8. The molecular formula is C30H47ClN4O2S. The van der Waals surface area contributed by atoms with E-state index in [2.05, 4.69) is 22.2 Å². The van der Waals surface area contributed by atoms with Gasteiger partial charge in [0.15, 0.2) is 0 Å². The van der Waals surface area contributed by atoms with Crippen LogP contribution in [0.1, 0.15) is 70.8 Å². The molecule has 2 saturated heterocycles. The Kier molecular flexibility index (Phi) is 10.8. The van der Waals surface area contributed by atoms with E-state index < -0.39 is 0 Å². The summed E-state index contributed by atoms with van der Waals surface area (Å²) in [6.45, 7) is 7.14. The van der Waals surface area contributed by atoms with E-state index in [-0.39, 0.29) is 29.3 Å². The van der Waals surface area contributed by atoms with Crippen LogP contribution in [0.15, 0.2) is 24.3 Å². The number of halogens is 1. The van der Waals surface area contributed by atoms with Crippen molar-refractivity contribution in [1.29, 1.82) is 0 Å². The first-order valence-corrected chi connectivity index (χ1v) is 16.3. The molecule has 3 atom stereocenters. The Bertz CT molecular complexity index is 913. The van der Waals surface area contributed by atoms with Gasteiger partial charge < -0.3 is 20.9 Å². The number of amides is 2. The van der Waals surface area contributed by atoms with Crippen molar-refractivity contribution in [2.75, 3.05) is 32.4 Å². The molecule has 0 bridgehead atoms. The minimum Gasteiger partial charge on any atom is -0.350 e. The number of hydrogen-bond donors (Lipinski definition) is 3. The Balaban J connectivity index is 1.43. The molecule has 6 nitrogen and oxygen atoms in total. The van der Waals surface area contributed by atoms with Crippen LogP contribution in [-0.2, 0) is 16.0 Å². The van der Waals surface area contributed by atoms with E-state index in [0.717, 1.165) is 37.9 Å². The maximum Gasteiger partial charge on any atom is 0.240 e. The minimum absolute atomic E-state index is 0.0296. The van der Waals surface area contributed by atoms with Crippen molar-refractivity contribution in [3.8, 4) is 0 Å². The van der Waals surface area contributed by atoms with E-state index >= 15 is 0 Å². The van der Waals surface area contributed by atoms with E-state index in [1.807, 2.05) is 54.8 Å². The third kappa shape index (κ3) is 7.67. The van der Waals surface area contributed by atoms with E-state index in [4.69, 9.17) is 11.6 Å². The van der Waals surface area contributed by atoms with Crippen LogP contribution in [0.25, 0.3) is 0 Å². The second-order valence-electron chi connectivity index (χ2n) is 12.0. The zero-order chi connectivity index (χ0) is 27.1. The molecule has 3 N–H and O–H groups in total. The summed E-state index contributed by atoms with van der Waals surface area (Å²) in [5.74, 6) is 0.798. The summed E-state index contributed by atoms with van der Waals surface area (Å²) in [4.78, 5) is 28.8. The number of rotatable bonds is 10. The lowest BCUT2D eigenvalue weighted by Crippen LogP contribution is -2.62. The Hall–Kier alpha value is -1.28. The van der Waals surface area contributed by atoms with Gasteiger partial charge in [-0.1, -0.05) is 56.8 Å². The summed E-state index contributed by atoms with van der Waals surface area (Å²) in [6, 6.07) is 7.95. The highest BCUT2D eigenvalue weighted by molar-refractivity contribution is 7.99. The standard InChI is InChI=1S/C30H47ClN4O2S/c1-21(2)28(36)34-30(23-7-5-4-6-8-23)13-15-35(16-14-30)29(37)27(17-22-9-11-24(31)12-10-22)33-19-25-18-26(38-3)20-32-25/h9-12,21,23,25-27,32-33H,4-8,13-20H2,1-3H3,(H,34,36)/t25?,26?,27-/m1/s1. The number of hydrogen-bond acceptors (Lipinski definition) is 5. The first kappa shape index (κ1) is 29.7. The SMILES string of the molecule is CSC1CNC(CN[C@H](Cc2ccc(Cl)cc2)C(=O)N2CCC(NC(=O)C(C)C)(C3CCCCC3)CC2)C1. The highest BCUT2D eigenvalue weighted by Crippen LogP contribution is 2.39. The normalized spacial score (nSPS) is 24.9. The molecule has 2 heterocycles. The third-order valence-corrected chi connectivity index (χ3v) is 10.3. The average Bonchev–Trinajstić information content (AvgIpc) is 3.40. The molecule has 0 aromatic heterocycles. The van der Waals surface area contributed by atoms with Crippen molar-refractivity contribution in [2.24, 2.45) is 11.8 Å². The van der Waals surface area contributed by atoms with Gasteiger partial charge in [-0.3, -0.25) is 9.59 Å². The second kappa shape index (κ2) is 13.9. The van der Waals surface area contributed by atoms with Crippen molar-refractivity contribution in [3.63, 3.8) is 0 Å². The molecule has 4 rings (SSSR count). The highest BCUT2D eigenvalue weighted by Gasteiger charge is 2.44. The third-order valence-electron chi connectivity index (χ3n) is 9.03. The Morgan fingerprint density at radius 3 is 2.42 bits per heavy atom. The molecule has 212 valence electrons. The number of carbonyl (C=O) groups is 2. The number of benzene rings is 1. The molecular weight excluding hydrogens is 516 g/mol. The molecule has 3 fully saturated rings. The van der Waals surface area contributed by atoms with Crippen LogP contribution in [0, 0.1) is 11.8 Å². The summed E-state index contributed by atoms with van der Waals surface area (Å²) >= 11 is 8.04. The molecule has 1 aliphatic carbocycles. The molecule has 1 saturated carbocycles. The lowest BCUT2D eigenvalue weighted by Gasteiger charge is -2.49. The first-order valence-electron chi connectivity index (χ1n) is 14.6. The summed E-state index contributed by atoms with van der Waals surface area (Å²) in [7, 11) is 0. The maximum absolute atomic E-state index is 13.9. The maximum atomic E-state index is 13.9. The van der Waals surface area contributed by atoms with Crippen LogP contribution in [0.5, 0.6) is 0 Å². The molecule has 38 heavy (non-hydrogen) atoms. The smallest absolute Gasteiger partial charge is 0.240 e. The zero-order valence-electron chi connectivity index (χ0n) is 23.4. The van der Waals surface area contributed by atoms with Crippen LogP contribution in [0.3, 0.4) is 0 Å². The van der Waals surface area contributed by atoms with Crippen LogP contribution < -0.4 is 16.0 Å². The predicted octanol–water partition coefficient (Wildman–Crippen LogP) is 4.65. The van der Waals surface area contributed by atoms with Gasteiger partial charge in [-0.15, -0.1) is 0 Å². The fourth-order valence-corrected chi connectivity index (χ4v) is 7.35. The molecule has 2 aliphatic heterocycles. The summed E-state index contributed by atoms with van der Waals surface area (Å²) in [5.41, 5.74) is 0.928. The van der Waals surface area contributed by atoms with Gasteiger partial charge in [0.25, 0.3) is 0 Å². The molecule has 0 spiro atoms. The average molecular weight is 563 g/mol. The number of nitrogens with one attached hydrogen (secondary N) is 3. The van der Waals surface area contributed by atoms with Gasteiger partial charge in [-0.2, -0.15) is 11.8 Å². The first-order chi connectivity index (χ1) is 18.3. The Morgan fingerprint density at radius 2 is 1.82 bits per heavy atom. The fraction of sp³-hybridized carbons (Fsp3) is 0.733. The predicted molar refractivity (Wildman–Crippen MR) is 159 cm³/mol. The van der Waals surface area contributed by atoms with E-state index in [1.165, 1.54) is 32.1 Å². The van der Waals surface area contributed by atoms with Gasteiger partial charge >= 0.3 is 0 Å². The van der Waals surface area contributed by atoms with Crippen molar-refractivity contribution in [2.45, 2.75) is 94.5 Å². The molecule has 0 radical (unpaired) electrons. The van der Waals surface area contributed by atoms with Gasteiger partial charge in [0, 0.05) is 54.0 Å². The van der Waals surface area contributed by atoms with Gasteiger partial charge in [0.1, 0.15) is 0 Å². The lowest BCUT2D eigenvalue weighted by molar-refractivity contribution is -0.136. The Labute approximate surface area is 238 Å². The quantitative estimate of drug-likeness (QED) is 0.387. The van der Waals surface area contributed by atoms with Crippen molar-refractivity contribution >= 4 is 35.2 Å². The van der Waals surface area contributed by atoms with Crippen molar-refractivity contribution < 1.29 is 9.59 Å². The fourth-order valence-electron chi connectivity index (χ4n) is 6.53. The molecule has 2 amide bonds. The number of thioether (sulfide) groups is 1. The van der Waals surface area contributed by atoms with E-state index in [1.54, 1.807) is 0 Å². The molecule has 8 heteroatoms. The number of carbonyl (C=O) groups excluding carboxylic acids is 2. The van der Waals surface area contributed by atoms with Gasteiger partial charge in [-0.25, -0.2) is 0 Å². The minimum atomic E-state index is -0.279. The molecule has 2 unspecified atom stereocenters. The largest absolute Gasteiger partial charge is 0.350 e. The molecule has 1 aromatic rings. The summed E-state index contributed by atoms with van der Waals surface area (Å²) < 4.78 is 0. The number of piperidine rings is 1. The van der Waals surface area contributed by atoms with Gasteiger partial charge in [0.05, 0.1) is 6.04 Å². The van der Waals surface area contributed by atoms with Crippen LogP contribution in [-0.4, -0.2) is 72.0 Å². The monoisotopic (exact) mass is 562 g/mol. The second-order valence-corrected chi connectivity index (χ2v) is 13.5. The van der Waals surface area contributed by atoms with E-state index in [0.29, 0.717) is 41.7 Å². The topological polar surface area (TPSA) is 73.5 Å². The Morgan fingerprint density at radius 1 is 1.13 bits per heavy atom. The van der Waals surface area contributed by atoms with Crippen molar-refractivity contribution in [3.05, 3.63) is 34.9 Å². The van der Waals surface area contributed by atoms with Crippen LogP contribution >= 0.6 is 23.4 Å². The van der Waals surface area contributed by atoms with Gasteiger partial charge in [0.2, 0.25) is 11.8 Å². The summed E-state index contributed by atoms with van der Waals surface area (Å²) in [5, 5.41) is 12.1. The number of nitrogens with zero attached hydrogens (tertiary/aromatic N) is 1. The number of likely N-dealkylation sites (tertiary alicyclic amines) is 1. The zero-order valence-corrected chi connectivity index (χ0v) is 25.0. The van der Waals surface area contributed by atoms with Crippen molar-refractivity contribution in [1.82, 2.24) is 20.9 Å². The lowest BCUT2D eigenvalue weighted by atomic mass is 9.69. The highest BCUT2D eigenvalue weighted by atomic mass is 35.5. The molecule has 3 aliphatic rings. The van der Waals surface area contributed by atoms with Crippen LogP contribution in [0.2, 0.25) is 5.02 Å². The molecule has 1 aromatic carbocycles. The van der Waals surface area contributed by atoms with Gasteiger partial charge in [-0.05, 0) is 68.4 Å². The van der Waals surface area contributed by atoms with E-state index in [9.17, 15) is 9.59 Å².